The Labute approximate surface area is 120 Å². The third-order valence-corrected chi connectivity index (χ3v) is 3.45. The molecule has 0 bridgehead atoms. The molecule has 0 atom stereocenters. The normalized spacial score (nSPS) is 11.5. The third kappa shape index (κ3) is 1.60. The molecule has 0 unspecified atom stereocenters. The van der Waals surface area contributed by atoms with Crippen LogP contribution in [0.25, 0.3) is 22.5 Å². The van der Waals surface area contributed by atoms with Crippen LogP contribution in [0.4, 0.5) is 5.95 Å². The van der Waals surface area contributed by atoms with Gasteiger partial charge in [0.2, 0.25) is 11.6 Å². The second-order valence-corrected chi connectivity index (χ2v) is 4.98. The maximum Gasteiger partial charge on any atom is 0.227 e. The van der Waals surface area contributed by atoms with Gasteiger partial charge in [-0.3, -0.25) is 4.40 Å². The first-order valence-electron chi connectivity index (χ1n) is 6.58. The van der Waals surface area contributed by atoms with Crippen LogP contribution in [0.5, 0.6) is 0 Å². The molecule has 4 rings (SSSR count). The summed E-state index contributed by atoms with van der Waals surface area (Å²) in [6.07, 6.45) is 0. The van der Waals surface area contributed by atoms with Crippen molar-refractivity contribution < 1.29 is 0 Å². The Hall–Kier alpha value is -2.96. The van der Waals surface area contributed by atoms with E-state index in [1.54, 1.807) is 9.08 Å². The number of anilines is 1. The summed E-state index contributed by atoms with van der Waals surface area (Å²) in [4.78, 5) is 4.68. The van der Waals surface area contributed by atoms with Gasteiger partial charge in [-0.05, 0) is 32.0 Å². The van der Waals surface area contributed by atoms with Crippen molar-refractivity contribution in [1.82, 2.24) is 29.4 Å². The van der Waals surface area contributed by atoms with Gasteiger partial charge in [-0.1, -0.05) is 12.1 Å². The quantitative estimate of drug-likeness (QED) is 0.572. The van der Waals surface area contributed by atoms with E-state index in [2.05, 4.69) is 20.3 Å². The Morgan fingerprint density at radius 1 is 1.10 bits per heavy atom. The van der Waals surface area contributed by atoms with Gasteiger partial charge < -0.3 is 5.73 Å². The smallest absolute Gasteiger partial charge is 0.227 e. The fourth-order valence-corrected chi connectivity index (χ4v) is 2.58. The number of benzene rings is 1. The Kier molecular flexibility index (Phi) is 2.26. The minimum absolute atomic E-state index is 0.339. The summed E-state index contributed by atoms with van der Waals surface area (Å²) in [5.74, 6) is 0.967. The molecule has 1 aromatic carbocycles. The Morgan fingerprint density at radius 2 is 1.90 bits per heavy atom. The number of fused-ring (bicyclic) bond motifs is 3. The Morgan fingerprint density at radius 3 is 2.67 bits per heavy atom. The lowest BCUT2D eigenvalue weighted by Crippen LogP contribution is -2.07. The van der Waals surface area contributed by atoms with Gasteiger partial charge in [0.15, 0.2) is 5.82 Å². The van der Waals surface area contributed by atoms with E-state index < -0.39 is 0 Å². The summed E-state index contributed by atoms with van der Waals surface area (Å²) in [6, 6.07) is 9.75. The average Bonchev–Trinajstić information content (AvgIpc) is 3.01. The minimum Gasteiger partial charge on any atom is -0.368 e. The average molecular weight is 279 g/mol. The molecule has 0 amide bonds. The number of nitrogen functional groups attached to an aromatic ring is 1. The highest BCUT2D eigenvalue weighted by Gasteiger charge is 2.16. The molecular formula is C14H13N7. The molecule has 4 aromatic rings. The van der Waals surface area contributed by atoms with Crippen LogP contribution in [0.3, 0.4) is 0 Å². The van der Waals surface area contributed by atoms with Crippen molar-refractivity contribution in [3.05, 3.63) is 41.7 Å². The van der Waals surface area contributed by atoms with Gasteiger partial charge in [-0.25, -0.2) is 9.67 Å². The van der Waals surface area contributed by atoms with E-state index in [4.69, 9.17) is 5.73 Å². The van der Waals surface area contributed by atoms with E-state index in [1.165, 1.54) is 0 Å². The second-order valence-electron chi connectivity index (χ2n) is 4.98. The van der Waals surface area contributed by atoms with Crippen LogP contribution in [0.15, 0.2) is 30.3 Å². The van der Waals surface area contributed by atoms with Crippen molar-refractivity contribution in [3.8, 4) is 5.82 Å². The van der Waals surface area contributed by atoms with Crippen molar-refractivity contribution >= 4 is 22.6 Å². The van der Waals surface area contributed by atoms with E-state index in [0.29, 0.717) is 17.4 Å². The first-order chi connectivity index (χ1) is 10.1. The fraction of sp³-hybridized carbons (Fsp3) is 0.143. The van der Waals surface area contributed by atoms with Crippen molar-refractivity contribution in [2.45, 2.75) is 13.8 Å². The predicted octanol–water partition coefficient (Wildman–Crippen LogP) is 1.66. The standard InChI is InChI=1S/C14H13N7/c1-8-7-9(2)21(19-8)12-13-17-18-14(15)20(13)11-6-4-3-5-10(11)16-12/h3-7H,1-2H3,(H2,15,18). The number of aryl methyl sites for hydroxylation is 2. The van der Waals surface area contributed by atoms with Gasteiger partial charge in [0.25, 0.3) is 0 Å². The maximum absolute atomic E-state index is 5.96. The van der Waals surface area contributed by atoms with Crippen LogP contribution < -0.4 is 5.73 Å². The summed E-state index contributed by atoms with van der Waals surface area (Å²) >= 11 is 0. The largest absolute Gasteiger partial charge is 0.368 e. The van der Waals surface area contributed by atoms with Crippen molar-refractivity contribution in [2.24, 2.45) is 0 Å². The van der Waals surface area contributed by atoms with Gasteiger partial charge in [-0.15, -0.1) is 10.2 Å². The Balaban J connectivity index is 2.20. The predicted molar refractivity (Wildman–Crippen MR) is 79.3 cm³/mol. The van der Waals surface area contributed by atoms with Gasteiger partial charge in [-0.2, -0.15) is 5.10 Å². The number of rotatable bonds is 1. The molecule has 7 heteroatoms. The molecule has 3 heterocycles. The zero-order valence-corrected chi connectivity index (χ0v) is 11.6. The molecule has 0 aliphatic carbocycles. The summed E-state index contributed by atoms with van der Waals surface area (Å²) in [5, 5.41) is 12.6. The van der Waals surface area contributed by atoms with E-state index in [0.717, 1.165) is 22.4 Å². The number of aromatic nitrogens is 6. The van der Waals surface area contributed by atoms with E-state index >= 15 is 0 Å². The monoisotopic (exact) mass is 279 g/mol. The highest BCUT2D eigenvalue weighted by atomic mass is 15.4. The lowest BCUT2D eigenvalue weighted by Gasteiger charge is -2.08. The molecule has 2 N–H and O–H groups in total. The molecule has 0 spiro atoms. The van der Waals surface area contributed by atoms with E-state index in [-0.39, 0.29) is 0 Å². The van der Waals surface area contributed by atoms with Crippen LogP contribution in [-0.2, 0) is 0 Å². The first kappa shape index (κ1) is 11.8. The van der Waals surface area contributed by atoms with Crippen LogP contribution in [-0.4, -0.2) is 29.4 Å². The lowest BCUT2D eigenvalue weighted by molar-refractivity contribution is 0.809. The molecule has 3 aromatic heterocycles. The summed E-state index contributed by atoms with van der Waals surface area (Å²) in [7, 11) is 0. The molecule has 0 radical (unpaired) electrons. The summed E-state index contributed by atoms with van der Waals surface area (Å²) in [6.45, 7) is 3.92. The molecule has 0 aliphatic rings. The van der Waals surface area contributed by atoms with E-state index in [1.807, 2.05) is 44.2 Å². The fourth-order valence-electron chi connectivity index (χ4n) is 2.58. The van der Waals surface area contributed by atoms with Crippen LogP contribution in [0.2, 0.25) is 0 Å². The highest BCUT2D eigenvalue weighted by molar-refractivity contribution is 5.81. The molecule has 0 saturated carbocycles. The molecule has 7 nitrogen and oxygen atoms in total. The van der Waals surface area contributed by atoms with Gasteiger partial charge >= 0.3 is 0 Å². The topological polar surface area (TPSA) is 86.9 Å². The maximum atomic E-state index is 5.96. The summed E-state index contributed by atoms with van der Waals surface area (Å²) < 4.78 is 3.57. The van der Waals surface area contributed by atoms with Gasteiger partial charge in [0.1, 0.15) is 0 Å². The minimum atomic E-state index is 0.339. The number of nitrogens with zero attached hydrogens (tertiary/aromatic N) is 6. The van der Waals surface area contributed by atoms with E-state index in [9.17, 15) is 0 Å². The number of hydrogen-bond donors (Lipinski definition) is 1. The van der Waals surface area contributed by atoms with Crippen LogP contribution in [0.1, 0.15) is 11.4 Å². The zero-order chi connectivity index (χ0) is 14.6. The number of para-hydroxylation sites is 2. The Bertz CT molecular complexity index is 980. The molecule has 104 valence electrons. The SMILES string of the molecule is Cc1cc(C)n(-c2nc3ccccc3n3c(N)nnc23)n1. The first-order valence-corrected chi connectivity index (χ1v) is 6.58. The van der Waals surface area contributed by atoms with Crippen molar-refractivity contribution in [1.29, 1.82) is 0 Å². The summed E-state index contributed by atoms with van der Waals surface area (Å²) in [5.41, 5.74) is 10.2. The third-order valence-electron chi connectivity index (χ3n) is 3.45. The van der Waals surface area contributed by atoms with Gasteiger partial charge in [0, 0.05) is 5.69 Å². The molecule has 21 heavy (non-hydrogen) atoms. The molecular weight excluding hydrogens is 266 g/mol. The lowest BCUT2D eigenvalue weighted by atomic mass is 10.3. The van der Waals surface area contributed by atoms with Crippen LogP contribution in [0, 0.1) is 13.8 Å². The van der Waals surface area contributed by atoms with Gasteiger partial charge in [0.05, 0.1) is 16.7 Å². The number of nitrogens with two attached hydrogens (primary N) is 1. The van der Waals surface area contributed by atoms with Crippen molar-refractivity contribution in [3.63, 3.8) is 0 Å². The molecule has 0 fully saturated rings. The molecule has 0 aliphatic heterocycles. The van der Waals surface area contributed by atoms with Crippen molar-refractivity contribution in [2.75, 3.05) is 5.73 Å². The second kappa shape index (κ2) is 4.02. The van der Waals surface area contributed by atoms with Crippen LogP contribution >= 0.6 is 0 Å². The number of hydrogen-bond acceptors (Lipinski definition) is 5. The molecule has 0 saturated heterocycles. The highest BCUT2D eigenvalue weighted by Crippen LogP contribution is 2.22. The zero-order valence-electron chi connectivity index (χ0n) is 11.6.